The number of nitrogens with two attached hydrogens (primary N) is 1. The molecule has 0 saturated carbocycles. The molecule has 0 saturated heterocycles. The Bertz CT molecular complexity index is 519. The SMILES string of the molecule is NNC(Cc1ccccn1)c1cc(F)ccc1Cl. The van der Waals surface area contributed by atoms with Gasteiger partial charge in [0.15, 0.2) is 0 Å². The van der Waals surface area contributed by atoms with Gasteiger partial charge >= 0.3 is 0 Å². The van der Waals surface area contributed by atoms with Crippen molar-refractivity contribution in [2.75, 3.05) is 0 Å². The molecule has 0 aliphatic rings. The topological polar surface area (TPSA) is 50.9 Å². The maximum absolute atomic E-state index is 13.2. The van der Waals surface area contributed by atoms with Gasteiger partial charge in [-0.05, 0) is 35.9 Å². The van der Waals surface area contributed by atoms with Crippen LogP contribution in [-0.4, -0.2) is 4.98 Å². The zero-order valence-corrected chi connectivity index (χ0v) is 10.4. The highest BCUT2D eigenvalue weighted by Crippen LogP contribution is 2.25. The largest absolute Gasteiger partial charge is 0.271 e. The van der Waals surface area contributed by atoms with E-state index in [1.165, 1.54) is 18.2 Å². The summed E-state index contributed by atoms with van der Waals surface area (Å²) in [5, 5.41) is 0.482. The van der Waals surface area contributed by atoms with Crippen LogP contribution in [0.3, 0.4) is 0 Å². The second-order valence-electron chi connectivity index (χ2n) is 3.91. The number of halogens is 2. The fourth-order valence-electron chi connectivity index (χ4n) is 1.77. The first-order valence-electron chi connectivity index (χ1n) is 5.51. The molecule has 2 rings (SSSR count). The first kappa shape index (κ1) is 13.0. The van der Waals surface area contributed by atoms with Crippen LogP contribution in [0.15, 0.2) is 42.6 Å². The minimum Gasteiger partial charge on any atom is -0.271 e. The molecule has 0 radical (unpaired) electrons. The molecule has 0 aliphatic heterocycles. The third-order valence-electron chi connectivity index (χ3n) is 2.67. The van der Waals surface area contributed by atoms with E-state index in [4.69, 9.17) is 17.4 Å². The molecule has 0 fully saturated rings. The molecule has 1 atom stereocenters. The first-order valence-corrected chi connectivity index (χ1v) is 5.89. The standard InChI is InChI=1S/C13H13ClFN3/c14-12-5-4-9(15)7-11(12)13(18-16)8-10-3-1-2-6-17-10/h1-7,13,18H,8,16H2. The molecule has 0 bridgehead atoms. The van der Waals surface area contributed by atoms with Crippen molar-refractivity contribution in [3.8, 4) is 0 Å². The molecule has 3 N–H and O–H groups in total. The van der Waals surface area contributed by atoms with E-state index in [0.717, 1.165) is 5.69 Å². The lowest BCUT2D eigenvalue weighted by Gasteiger charge is -2.17. The quantitative estimate of drug-likeness (QED) is 0.660. The Morgan fingerprint density at radius 2 is 2.17 bits per heavy atom. The molecule has 1 heterocycles. The zero-order valence-electron chi connectivity index (χ0n) is 9.61. The van der Waals surface area contributed by atoms with E-state index in [0.29, 0.717) is 17.0 Å². The molecule has 0 amide bonds. The van der Waals surface area contributed by atoms with Crippen molar-refractivity contribution in [3.05, 3.63) is 64.7 Å². The highest BCUT2D eigenvalue weighted by Gasteiger charge is 2.15. The van der Waals surface area contributed by atoms with Gasteiger partial charge < -0.3 is 0 Å². The molecule has 1 unspecified atom stereocenters. The summed E-state index contributed by atoms with van der Waals surface area (Å²) in [5.41, 5.74) is 4.14. The average Bonchev–Trinajstić information content (AvgIpc) is 2.40. The van der Waals surface area contributed by atoms with Crippen molar-refractivity contribution in [1.29, 1.82) is 0 Å². The van der Waals surface area contributed by atoms with Gasteiger partial charge in [0.1, 0.15) is 5.82 Å². The minimum absolute atomic E-state index is 0.275. The van der Waals surface area contributed by atoms with Crippen LogP contribution in [-0.2, 0) is 6.42 Å². The summed E-state index contributed by atoms with van der Waals surface area (Å²) in [6.07, 6.45) is 2.25. The summed E-state index contributed by atoms with van der Waals surface area (Å²) in [4.78, 5) is 4.21. The van der Waals surface area contributed by atoms with Crippen molar-refractivity contribution in [2.24, 2.45) is 5.84 Å². The van der Waals surface area contributed by atoms with Crippen molar-refractivity contribution < 1.29 is 4.39 Å². The summed E-state index contributed by atoms with van der Waals surface area (Å²) in [6, 6.07) is 9.57. The van der Waals surface area contributed by atoms with Crippen molar-refractivity contribution >= 4 is 11.6 Å². The normalized spacial score (nSPS) is 12.4. The van der Waals surface area contributed by atoms with Crippen LogP contribution in [0, 0.1) is 5.82 Å². The summed E-state index contributed by atoms with van der Waals surface area (Å²) in [6.45, 7) is 0. The Labute approximate surface area is 110 Å². The molecule has 0 aliphatic carbocycles. The smallest absolute Gasteiger partial charge is 0.123 e. The van der Waals surface area contributed by atoms with E-state index in [2.05, 4.69) is 10.4 Å². The molecular weight excluding hydrogens is 253 g/mol. The number of hydrogen-bond donors (Lipinski definition) is 2. The highest BCUT2D eigenvalue weighted by atomic mass is 35.5. The second-order valence-corrected chi connectivity index (χ2v) is 4.32. The number of hydrazine groups is 1. The van der Waals surface area contributed by atoms with Crippen molar-refractivity contribution in [1.82, 2.24) is 10.4 Å². The van der Waals surface area contributed by atoms with E-state index < -0.39 is 0 Å². The minimum atomic E-state index is -0.337. The van der Waals surface area contributed by atoms with Gasteiger partial charge in [-0.3, -0.25) is 16.3 Å². The van der Waals surface area contributed by atoms with E-state index >= 15 is 0 Å². The van der Waals surface area contributed by atoms with E-state index in [9.17, 15) is 4.39 Å². The number of hydrogen-bond acceptors (Lipinski definition) is 3. The van der Waals surface area contributed by atoms with Gasteiger partial charge in [-0.25, -0.2) is 4.39 Å². The predicted molar refractivity (Wildman–Crippen MR) is 69.4 cm³/mol. The van der Waals surface area contributed by atoms with Gasteiger partial charge in [-0.15, -0.1) is 0 Å². The Hall–Kier alpha value is -1.49. The zero-order chi connectivity index (χ0) is 13.0. The highest BCUT2D eigenvalue weighted by molar-refractivity contribution is 6.31. The molecule has 94 valence electrons. The van der Waals surface area contributed by atoms with Crippen molar-refractivity contribution in [2.45, 2.75) is 12.5 Å². The maximum Gasteiger partial charge on any atom is 0.123 e. The van der Waals surface area contributed by atoms with Gasteiger partial charge in [0.2, 0.25) is 0 Å². The lowest BCUT2D eigenvalue weighted by atomic mass is 10.0. The molecule has 3 nitrogen and oxygen atoms in total. The number of nitrogens with zero attached hydrogens (tertiary/aromatic N) is 1. The van der Waals surface area contributed by atoms with E-state index in [1.807, 2.05) is 18.2 Å². The lowest BCUT2D eigenvalue weighted by Crippen LogP contribution is -2.30. The van der Waals surface area contributed by atoms with Crippen LogP contribution in [0.25, 0.3) is 0 Å². The maximum atomic E-state index is 13.2. The molecule has 2 aromatic rings. The molecule has 5 heteroatoms. The molecule has 1 aromatic carbocycles. The van der Waals surface area contributed by atoms with Crippen LogP contribution in [0.4, 0.5) is 4.39 Å². The average molecular weight is 266 g/mol. The van der Waals surface area contributed by atoms with E-state index in [1.54, 1.807) is 6.20 Å². The molecule has 1 aromatic heterocycles. The van der Waals surface area contributed by atoms with Gasteiger partial charge in [0.25, 0.3) is 0 Å². The Morgan fingerprint density at radius 3 is 2.83 bits per heavy atom. The summed E-state index contributed by atoms with van der Waals surface area (Å²) >= 11 is 6.05. The van der Waals surface area contributed by atoms with Crippen LogP contribution < -0.4 is 11.3 Å². The van der Waals surface area contributed by atoms with Gasteiger partial charge in [0.05, 0.1) is 6.04 Å². The fraction of sp³-hybridized carbons (Fsp3) is 0.154. The van der Waals surface area contributed by atoms with Crippen LogP contribution in [0.2, 0.25) is 5.02 Å². The van der Waals surface area contributed by atoms with Crippen LogP contribution in [0.1, 0.15) is 17.3 Å². The van der Waals surface area contributed by atoms with Gasteiger partial charge in [0, 0.05) is 23.3 Å². The monoisotopic (exact) mass is 265 g/mol. The fourth-order valence-corrected chi connectivity index (χ4v) is 2.02. The predicted octanol–water partition coefficient (Wildman–Crippen LogP) is 2.62. The number of pyridine rings is 1. The van der Waals surface area contributed by atoms with E-state index in [-0.39, 0.29) is 11.9 Å². The molecular formula is C13H13ClFN3. The van der Waals surface area contributed by atoms with Crippen LogP contribution in [0.5, 0.6) is 0 Å². The Morgan fingerprint density at radius 1 is 1.33 bits per heavy atom. The second kappa shape index (κ2) is 5.91. The Balaban J connectivity index is 2.26. The molecule has 18 heavy (non-hydrogen) atoms. The number of nitrogens with one attached hydrogen (secondary N) is 1. The van der Waals surface area contributed by atoms with Crippen molar-refractivity contribution in [3.63, 3.8) is 0 Å². The number of rotatable bonds is 4. The van der Waals surface area contributed by atoms with Crippen LogP contribution >= 0.6 is 11.6 Å². The third-order valence-corrected chi connectivity index (χ3v) is 3.02. The first-order chi connectivity index (χ1) is 8.70. The Kier molecular flexibility index (Phi) is 4.25. The lowest BCUT2D eigenvalue weighted by molar-refractivity contribution is 0.539. The third kappa shape index (κ3) is 3.04. The summed E-state index contributed by atoms with van der Waals surface area (Å²) < 4.78 is 13.2. The summed E-state index contributed by atoms with van der Waals surface area (Å²) in [7, 11) is 0. The van der Waals surface area contributed by atoms with Gasteiger partial charge in [-0.2, -0.15) is 0 Å². The number of benzene rings is 1. The summed E-state index contributed by atoms with van der Waals surface area (Å²) in [5.74, 6) is 5.18. The number of aromatic nitrogens is 1. The molecule has 0 spiro atoms. The van der Waals surface area contributed by atoms with Gasteiger partial charge in [-0.1, -0.05) is 17.7 Å².